The Morgan fingerprint density at radius 3 is 2.34 bits per heavy atom. The highest BCUT2D eigenvalue weighted by Crippen LogP contribution is 2.40. The predicted molar refractivity (Wildman–Crippen MR) is 108 cm³/mol. The standard InChI is InChI=1S/C21H20O11/c1-7-10(23)5-12(25)14-16(28)20(32-21-17(29)15(27)13(26)6-30-21)19(31-18(7)14)8-2-3-9(22)11(24)4-8/h2-5,13,15,17,21-27,29H,6H2,1H3. The molecule has 0 saturated carbocycles. The molecule has 1 fully saturated rings. The van der Waals surface area contributed by atoms with E-state index < -0.39 is 59.6 Å². The van der Waals surface area contributed by atoms with E-state index in [0.29, 0.717) is 0 Å². The number of aliphatic hydroxyl groups excluding tert-OH is 3. The first-order valence-electron chi connectivity index (χ1n) is 9.47. The van der Waals surface area contributed by atoms with E-state index in [-0.39, 0.29) is 33.6 Å². The molecule has 2 aromatic carbocycles. The molecular formula is C21H20O11. The largest absolute Gasteiger partial charge is 0.507 e. The smallest absolute Gasteiger partial charge is 0.239 e. The summed E-state index contributed by atoms with van der Waals surface area (Å²) in [6.07, 6.45) is -6.31. The zero-order chi connectivity index (χ0) is 23.3. The molecule has 1 aromatic heterocycles. The van der Waals surface area contributed by atoms with Crippen molar-refractivity contribution in [2.24, 2.45) is 0 Å². The maximum Gasteiger partial charge on any atom is 0.239 e. The predicted octanol–water partition coefficient (Wildman–Crippen LogP) is 0.409. The van der Waals surface area contributed by atoms with Crippen LogP contribution in [0.15, 0.2) is 33.5 Å². The molecular weight excluding hydrogens is 428 g/mol. The Balaban J connectivity index is 1.96. The molecule has 170 valence electrons. The summed E-state index contributed by atoms with van der Waals surface area (Å²) in [4.78, 5) is 13.3. The number of phenols is 4. The third kappa shape index (κ3) is 3.46. The number of ether oxygens (including phenoxy) is 2. The molecule has 11 nitrogen and oxygen atoms in total. The van der Waals surface area contributed by atoms with Gasteiger partial charge in [0.15, 0.2) is 17.3 Å². The summed E-state index contributed by atoms with van der Waals surface area (Å²) in [5.41, 5.74) is -0.852. The summed E-state index contributed by atoms with van der Waals surface area (Å²) in [7, 11) is 0. The van der Waals surface area contributed by atoms with Crippen LogP contribution in [0.1, 0.15) is 5.56 Å². The minimum Gasteiger partial charge on any atom is -0.507 e. The number of phenolic OH excluding ortho intramolecular Hbond substituents is 4. The van der Waals surface area contributed by atoms with Gasteiger partial charge in [-0.05, 0) is 25.1 Å². The van der Waals surface area contributed by atoms with Crippen molar-refractivity contribution in [2.75, 3.05) is 6.61 Å². The molecule has 3 aromatic rings. The van der Waals surface area contributed by atoms with Gasteiger partial charge in [-0.25, -0.2) is 0 Å². The van der Waals surface area contributed by atoms with Gasteiger partial charge in [-0.2, -0.15) is 0 Å². The van der Waals surface area contributed by atoms with Crippen molar-refractivity contribution in [2.45, 2.75) is 31.5 Å². The number of hydrogen-bond acceptors (Lipinski definition) is 11. The minimum absolute atomic E-state index is 0.0717. The SMILES string of the molecule is Cc1c(O)cc(O)c2c(=O)c(OC3OCC(O)C(O)C3O)c(-c3ccc(O)c(O)c3)oc12. The third-order valence-electron chi connectivity index (χ3n) is 5.25. The lowest BCUT2D eigenvalue weighted by atomic mass is 10.0. The number of benzene rings is 2. The van der Waals surface area contributed by atoms with E-state index in [2.05, 4.69) is 0 Å². The molecule has 1 aliphatic rings. The fourth-order valence-electron chi connectivity index (χ4n) is 3.40. The first-order valence-corrected chi connectivity index (χ1v) is 9.47. The van der Waals surface area contributed by atoms with E-state index in [4.69, 9.17) is 13.9 Å². The monoisotopic (exact) mass is 448 g/mol. The van der Waals surface area contributed by atoms with Crippen molar-refractivity contribution in [3.63, 3.8) is 0 Å². The molecule has 0 aliphatic carbocycles. The molecule has 11 heteroatoms. The van der Waals surface area contributed by atoms with Gasteiger partial charge in [0.25, 0.3) is 0 Å². The first kappa shape index (κ1) is 21.7. The molecule has 32 heavy (non-hydrogen) atoms. The first-order chi connectivity index (χ1) is 15.1. The normalized spacial score (nSPS) is 23.4. The Bertz CT molecular complexity index is 1250. The van der Waals surface area contributed by atoms with Crippen molar-refractivity contribution in [1.29, 1.82) is 0 Å². The van der Waals surface area contributed by atoms with E-state index in [9.17, 15) is 40.5 Å². The molecule has 4 unspecified atom stereocenters. The van der Waals surface area contributed by atoms with Crippen molar-refractivity contribution >= 4 is 11.0 Å². The van der Waals surface area contributed by atoms with Crippen molar-refractivity contribution in [1.82, 2.24) is 0 Å². The highest BCUT2D eigenvalue weighted by atomic mass is 16.7. The van der Waals surface area contributed by atoms with Crippen molar-refractivity contribution in [3.8, 4) is 40.1 Å². The lowest BCUT2D eigenvalue weighted by Gasteiger charge is -2.34. The Morgan fingerprint density at radius 2 is 1.66 bits per heavy atom. The summed E-state index contributed by atoms with van der Waals surface area (Å²) in [5.74, 6) is -2.72. The maximum atomic E-state index is 13.3. The number of aromatic hydroxyl groups is 4. The molecule has 0 bridgehead atoms. The number of hydrogen-bond donors (Lipinski definition) is 7. The number of aliphatic hydroxyl groups is 3. The van der Waals surface area contributed by atoms with Gasteiger partial charge in [-0.1, -0.05) is 0 Å². The Kier molecular flexibility index (Phi) is 5.34. The van der Waals surface area contributed by atoms with Gasteiger partial charge in [0.05, 0.1) is 6.61 Å². The lowest BCUT2D eigenvalue weighted by molar-refractivity contribution is -0.242. The molecule has 7 N–H and O–H groups in total. The van der Waals surface area contributed by atoms with Crippen LogP contribution in [0.5, 0.6) is 28.7 Å². The fourth-order valence-corrected chi connectivity index (χ4v) is 3.40. The van der Waals surface area contributed by atoms with E-state index >= 15 is 0 Å². The molecule has 0 spiro atoms. The van der Waals surface area contributed by atoms with Gasteiger partial charge in [0.2, 0.25) is 17.5 Å². The molecule has 1 aliphatic heterocycles. The summed E-state index contributed by atoms with van der Waals surface area (Å²) in [6, 6.07) is 4.48. The molecule has 0 amide bonds. The minimum atomic E-state index is -1.73. The topological polar surface area (TPSA) is 190 Å². The maximum absolute atomic E-state index is 13.3. The van der Waals surface area contributed by atoms with Gasteiger partial charge < -0.3 is 49.6 Å². The summed E-state index contributed by atoms with van der Waals surface area (Å²) >= 11 is 0. The van der Waals surface area contributed by atoms with E-state index in [1.54, 1.807) is 0 Å². The third-order valence-corrected chi connectivity index (χ3v) is 5.25. The van der Waals surface area contributed by atoms with Crippen LogP contribution in [-0.4, -0.2) is 67.0 Å². The lowest BCUT2D eigenvalue weighted by Crippen LogP contribution is -2.55. The second kappa shape index (κ2) is 7.88. The van der Waals surface area contributed by atoms with Gasteiger partial charge in [0, 0.05) is 17.2 Å². The molecule has 1 saturated heterocycles. The van der Waals surface area contributed by atoms with Gasteiger partial charge >= 0.3 is 0 Å². The molecule has 4 atom stereocenters. The van der Waals surface area contributed by atoms with Gasteiger partial charge in [-0.15, -0.1) is 0 Å². The van der Waals surface area contributed by atoms with E-state index in [1.807, 2.05) is 0 Å². The summed E-state index contributed by atoms with van der Waals surface area (Å²) < 4.78 is 16.5. The average molecular weight is 448 g/mol. The van der Waals surface area contributed by atoms with Gasteiger partial charge in [0.1, 0.15) is 40.8 Å². The summed E-state index contributed by atoms with van der Waals surface area (Å²) in [6.45, 7) is 1.06. The van der Waals surface area contributed by atoms with Crippen molar-refractivity contribution in [3.05, 3.63) is 40.1 Å². The van der Waals surface area contributed by atoms with Crippen LogP contribution in [-0.2, 0) is 4.74 Å². The van der Waals surface area contributed by atoms with Crippen LogP contribution in [0, 0.1) is 6.92 Å². The fraction of sp³-hybridized carbons (Fsp3) is 0.286. The Labute approximate surface area is 179 Å². The van der Waals surface area contributed by atoms with E-state index in [1.165, 1.54) is 13.0 Å². The van der Waals surface area contributed by atoms with Crippen LogP contribution < -0.4 is 10.2 Å². The van der Waals surface area contributed by atoms with Crippen LogP contribution in [0.25, 0.3) is 22.3 Å². The molecule has 4 rings (SSSR count). The van der Waals surface area contributed by atoms with Crippen LogP contribution >= 0.6 is 0 Å². The number of aryl methyl sites for hydroxylation is 1. The Hall–Kier alpha value is -3.51. The number of fused-ring (bicyclic) bond motifs is 1. The van der Waals surface area contributed by atoms with Crippen LogP contribution in [0.4, 0.5) is 0 Å². The molecule has 0 radical (unpaired) electrons. The second-order valence-corrected chi connectivity index (χ2v) is 7.40. The molecule has 2 heterocycles. The van der Waals surface area contributed by atoms with Gasteiger partial charge in [-0.3, -0.25) is 4.79 Å². The highest BCUT2D eigenvalue weighted by molar-refractivity contribution is 5.91. The Morgan fingerprint density at radius 1 is 0.938 bits per heavy atom. The average Bonchev–Trinajstić information content (AvgIpc) is 2.75. The zero-order valence-corrected chi connectivity index (χ0v) is 16.6. The van der Waals surface area contributed by atoms with Crippen LogP contribution in [0.2, 0.25) is 0 Å². The van der Waals surface area contributed by atoms with Crippen molar-refractivity contribution < 1.29 is 49.6 Å². The number of rotatable bonds is 3. The zero-order valence-electron chi connectivity index (χ0n) is 16.6. The van der Waals surface area contributed by atoms with Crippen LogP contribution in [0.3, 0.4) is 0 Å². The van der Waals surface area contributed by atoms with E-state index in [0.717, 1.165) is 18.2 Å². The quantitative estimate of drug-likeness (QED) is 0.275. The highest BCUT2D eigenvalue weighted by Gasteiger charge is 2.40. The summed E-state index contributed by atoms with van der Waals surface area (Å²) in [5, 5.41) is 69.2. The second-order valence-electron chi connectivity index (χ2n) is 7.40.